The lowest BCUT2D eigenvalue weighted by Gasteiger charge is -2.19. The molecule has 0 amide bonds. The van der Waals surface area contributed by atoms with Crippen LogP contribution in [0.25, 0.3) is 0 Å². The van der Waals surface area contributed by atoms with Crippen LogP contribution >= 0.6 is 0 Å². The van der Waals surface area contributed by atoms with Gasteiger partial charge in [0.2, 0.25) is 0 Å². The Morgan fingerprint density at radius 2 is 2.44 bits per heavy atom. The summed E-state index contributed by atoms with van der Waals surface area (Å²) in [7, 11) is 0. The van der Waals surface area contributed by atoms with Crippen molar-refractivity contribution in [3.8, 4) is 0 Å². The van der Waals surface area contributed by atoms with Gasteiger partial charge in [0.1, 0.15) is 6.33 Å². The number of nitrogens with zero attached hydrogens (tertiary/aromatic N) is 2. The van der Waals surface area contributed by atoms with E-state index in [-0.39, 0.29) is 5.60 Å². The summed E-state index contributed by atoms with van der Waals surface area (Å²) < 4.78 is 5.89. The maximum atomic E-state index is 5.89. The van der Waals surface area contributed by atoms with Crippen LogP contribution in [0.4, 0.5) is 0 Å². The molecule has 16 heavy (non-hydrogen) atoms. The summed E-state index contributed by atoms with van der Waals surface area (Å²) in [6, 6.07) is 1.92. The molecule has 4 nitrogen and oxygen atoms in total. The minimum atomic E-state index is 0.0568. The largest absolute Gasteiger partial charge is 0.371 e. The Kier molecular flexibility index (Phi) is 3.51. The SMILES string of the molecule is CC1(C)CCC(CNCc2ccncn2)O1. The molecule has 0 saturated carbocycles. The van der Waals surface area contributed by atoms with Gasteiger partial charge in [-0.25, -0.2) is 9.97 Å². The minimum Gasteiger partial charge on any atom is -0.371 e. The third-order valence-corrected chi connectivity index (χ3v) is 2.88. The van der Waals surface area contributed by atoms with Crippen LogP contribution in [0.2, 0.25) is 0 Å². The smallest absolute Gasteiger partial charge is 0.115 e. The molecule has 1 fully saturated rings. The second-order valence-electron chi connectivity index (χ2n) is 4.87. The monoisotopic (exact) mass is 221 g/mol. The highest BCUT2D eigenvalue weighted by Gasteiger charge is 2.30. The van der Waals surface area contributed by atoms with E-state index in [2.05, 4.69) is 29.1 Å². The van der Waals surface area contributed by atoms with Crippen LogP contribution in [0.3, 0.4) is 0 Å². The molecule has 0 spiro atoms. The van der Waals surface area contributed by atoms with Crippen molar-refractivity contribution in [3.05, 3.63) is 24.3 Å². The fourth-order valence-corrected chi connectivity index (χ4v) is 2.01. The first-order valence-corrected chi connectivity index (χ1v) is 5.79. The molecule has 4 heteroatoms. The molecule has 1 N–H and O–H groups in total. The molecular formula is C12H19N3O. The summed E-state index contributed by atoms with van der Waals surface area (Å²) in [5.41, 5.74) is 1.08. The molecule has 0 aromatic carbocycles. The molecule has 1 atom stereocenters. The van der Waals surface area contributed by atoms with E-state index >= 15 is 0 Å². The van der Waals surface area contributed by atoms with Gasteiger partial charge in [0, 0.05) is 19.3 Å². The zero-order chi connectivity index (χ0) is 11.4. The minimum absolute atomic E-state index is 0.0568. The molecule has 1 aliphatic heterocycles. The van der Waals surface area contributed by atoms with Crippen LogP contribution in [0.5, 0.6) is 0 Å². The van der Waals surface area contributed by atoms with E-state index in [0.717, 1.165) is 31.6 Å². The van der Waals surface area contributed by atoms with Crippen LogP contribution in [0.1, 0.15) is 32.4 Å². The number of aromatic nitrogens is 2. The molecule has 1 aromatic heterocycles. The third kappa shape index (κ3) is 3.25. The summed E-state index contributed by atoms with van der Waals surface area (Å²) in [6.45, 7) is 5.98. The van der Waals surface area contributed by atoms with Crippen LogP contribution in [-0.2, 0) is 11.3 Å². The average molecular weight is 221 g/mol. The van der Waals surface area contributed by atoms with Gasteiger partial charge < -0.3 is 10.1 Å². The van der Waals surface area contributed by atoms with Gasteiger partial charge in [-0.15, -0.1) is 0 Å². The molecule has 1 aliphatic rings. The van der Waals surface area contributed by atoms with Gasteiger partial charge in [-0.2, -0.15) is 0 Å². The van der Waals surface area contributed by atoms with Crippen molar-refractivity contribution in [2.24, 2.45) is 0 Å². The lowest BCUT2D eigenvalue weighted by atomic mass is 10.1. The van der Waals surface area contributed by atoms with Crippen LogP contribution in [0, 0.1) is 0 Å². The Balaban J connectivity index is 1.70. The summed E-state index contributed by atoms with van der Waals surface area (Å²) in [4.78, 5) is 8.04. The Hall–Kier alpha value is -1.00. The van der Waals surface area contributed by atoms with Crippen molar-refractivity contribution in [3.63, 3.8) is 0 Å². The second-order valence-corrected chi connectivity index (χ2v) is 4.87. The van der Waals surface area contributed by atoms with E-state index in [9.17, 15) is 0 Å². The summed E-state index contributed by atoms with van der Waals surface area (Å²) in [6.07, 6.45) is 5.97. The molecule has 1 unspecified atom stereocenters. The average Bonchev–Trinajstić information content (AvgIpc) is 2.60. The predicted octanol–water partition coefficient (Wildman–Crippen LogP) is 1.52. The molecule has 88 valence electrons. The van der Waals surface area contributed by atoms with Gasteiger partial charge in [0.05, 0.1) is 17.4 Å². The summed E-state index contributed by atoms with van der Waals surface area (Å²) in [5, 5.41) is 3.37. The fraction of sp³-hybridized carbons (Fsp3) is 0.667. The van der Waals surface area contributed by atoms with Crippen molar-refractivity contribution in [1.29, 1.82) is 0 Å². The number of hydrogen-bond donors (Lipinski definition) is 1. The van der Waals surface area contributed by atoms with Crippen molar-refractivity contribution in [2.75, 3.05) is 6.54 Å². The van der Waals surface area contributed by atoms with Gasteiger partial charge in [-0.3, -0.25) is 0 Å². The van der Waals surface area contributed by atoms with Crippen LogP contribution < -0.4 is 5.32 Å². The molecule has 2 rings (SSSR count). The molecule has 0 aliphatic carbocycles. The molecule has 2 heterocycles. The Labute approximate surface area is 96.4 Å². The van der Waals surface area contributed by atoms with E-state index in [1.54, 1.807) is 12.5 Å². The van der Waals surface area contributed by atoms with Crippen molar-refractivity contribution >= 4 is 0 Å². The third-order valence-electron chi connectivity index (χ3n) is 2.88. The molecule has 1 saturated heterocycles. The zero-order valence-electron chi connectivity index (χ0n) is 9.94. The van der Waals surface area contributed by atoms with Gasteiger partial charge in [0.25, 0.3) is 0 Å². The van der Waals surface area contributed by atoms with Crippen LogP contribution in [0.15, 0.2) is 18.6 Å². The van der Waals surface area contributed by atoms with Gasteiger partial charge in [0.15, 0.2) is 0 Å². The first-order valence-electron chi connectivity index (χ1n) is 5.79. The quantitative estimate of drug-likeness (QED) is 0.837. The molecule has 0 radical (unpaired) electrons. The molecule has 0 bridgehead atoms. The summed E-state index contributed by atoms with van der Waals surface area (Å²) in [5.74, 6) is 0. The van der Waals surface area contributed by atoms with E-state index in [4.69, 9.17) is 4.74 Å². The molecular weight excluding hydrogens is 202 g/mol. The van der Waals surface area contributed by atoms with Gasteiger partial charge in [-0.05, 0) is 32.8 Å². The van der Waals surface area contributed by atoms with Gasteiger partial charge in [-0.1, -0.05) is 0 Å². The number of nitrogens with one attached hydrogen (secondary N) is 1. The van der Waals surface area contributed by atoms with E-state index < -0.39 is 0 Å². The fourth-order valence-electron chi connectivity index (χ4n) is 2.01. The lowest BCUT2D eigenvalue weighted by molar-refractivity contribution is -0.0143. The maximum Gasteiger partial charge on any atom is 0.115 e. The predicted molar refractivity (Wildman–Crippen MR) is 61.9 cm³/mol. The Morgan fingerprint density at radius 3 is 3.06 bits per heavy atom. The second kappa shape index (κ2) is 4.89. The maximum absolute atomic E-state index is 5.89. The van der Waals surface area contributed by atoms with Gasteiger partial charge >= 0.3 is 0 Å². The van der Waals surface area contributed by atoms with E-state index in [1.165, 1.54) is 0 Å². The van der Waals surface area contributed by atoms with Crippen molar-refractivity contribution in [2.45, 2.75) is 44.9 Å². The highest BCUT2D eigenvalue weighted by molar-refractivity contribution is 4.97. The standard InChI is InChI=1S/C12H19N3O/c1-12(2)5-3-11(16-12)8-14-7-10-4-6-13-9-15-10/h4,6,9,11,14H,3,5,7-8H2,1-2H3. The highest BCUT2D eigenvalue weighted by Crippen LogP contribution is 2.28. The Bertz CT molecular complexity index is 326. The van der Waals surface area contributed by atoms with E-state index in [1.807, 2.05) is 6.07 Å². The Morgan fingerprint density at radius 1 is 1.56 bits per heavy atom. The zero-order valence-corrected chi connectivity index (χ0v) is 9.94. The summed E-state index contributed by atoms with van der Waals surface area (Å²) >= 11 is 0. The first-order chi connectivity index (χ1) is 7.66. The number of hydrogen-bond acceptors (Lipinski definition) is 4. The number of rotatable bonds is 4. The van der Waals surface area contributed by atoms with Crippen molar-refractivity contribution < 1.29 is 4.74 Å². The lowest BCUT2D eigenvalue weighted by Crippen LogP contribution is -2.29. The van der Waals surface area contributed by atoms with Crippen molar-refractivity contribution in [1.82, 2.24) is 15.3 Å². The number of ether oxygens (including phenoxy) is 1. The topological polar surface area (TPSA) is 47.0 Å². The molecule has 1 aromatic rings. The van der Waals surface area contributed by atoms with E-state index in [0.29, 0.717) is 6.10 Å². The highest BCUT2D eigenvalue weighted by atomic mass is 16.5. The first kappa shape index (κ1) is 11.5. The normalized spacial score (nSPS) is 23.5. The van der Waals surface area contributed by atoms with Crippen LogP contribution in [-0.4, -0.2) is 28.2 Å².